The Labute approximate surface area is 127 Å². The molecule has 1 heterocycles. The summed E-state index contributed by atoms with van der Waals surface area (Å²) in [5.74, 6) is -1.07. The number of carbonyl (C=O) groups is 1. The molecule has 0 saturated carbocycles. The summed E-state index contributed by atoms with van der Waals surface area (Å²) in [6, 6.07) is 4.61. The highest BCUT2D eigenvalue weighted by atomic mass is 79.9. The number of anilines is 1. The summed E-state index contributed by atoms with van der Waals surface area (Å²) in [5.41, 5.74) is -2.17. The molecule has 110 valence electrons. The van der Waals surface area contributed by atoms with Crippen LogP contribution in [-0.2, 0) is 4.79 Å². The average molecular weight is 372 g/mol. The maximum Gasteiger partial charge on any atom is 0.404 e. The predicted molar refractivity (Wildman–Crippen MR) is 73.8 cm³/mol. The second-order valence-corrected chi connectivity index (χ2v) is 5.76. The molecule has 1 aliphatic rings. The molecule has 1 unspecified atom stereocenters. The van der Waals surface area contributed by atoms with Crippen molar-refractivity contribution in [3.05, 3.63) is 27.7 Å². The third-order valence-corrected chi connectivity index (χ3v) is 4.73. The first-order valence-electron chi connectivity index (χ1n) is 5.81. The van der Waals surface area contributed by atoms with Gasteiger partial charge in [0.25, 0.3) is 0 Å². The van der Waals surface area contributed by atoms with Crippen LogP contribution in [0.1, 0.15) is 6.42 Å². The third kappa shape index (κ3) is 2.66. The number of hydrogen-bond donors (Lipinski definition) is 2. The fraction of sp³-hybridized carbons (Fsp3) is 0.417. The molecule has 20 heavy (non-hydrogen) atoms. The summed E-state index contributed by atoms with van der Waals surface area (Å²) in [7, 11) is 0. The van der Waals surface area contributed by atoms with Gasteiger partial charge in [0.2, 0.25) is 5.91 Å². The molecule has 0 bridgehead atoms. The van der Waals surface area contributed by atoms with Crippen molar-refractivity contribution in [3.8, 4) is 0 Å². The number of alkyl halides is 3. The Hall–Kier alpha value is -0.790. The van der Waals surface area contributed by atoms with Gasteiger partial charge in [-0.3, -0.25) is 4.79 Å². The minimum atomic E-state index is -4.61. The Bertz CT molecular complexity index is 530. The smallest absolute Gasteiger partial charge is 0.324 e. The monoisotopic (exact) mass is 370 g/mol. The summed E-state index contributed by atoms with van der Waals surface area (Å²) in [5, 5.41) is 5.22. The van der Waals surface area contributed by atoms with Gasteiger partial charge in [0.15, 0.2) is 5.41 Å². The number of hydrogen-bond acceptors (Lipinski definition) is 2. The summed E-state index contributed by atoms with van der Waals surface area (Å²) >= 11 is 8.99. The molecule has 0 radical (unpaired) electrons. The molecule has 0 aliphatic carbocycles. The van der Waals surface area contributed by atoms with Gasteiger partial charge in [-0.2, -0.15) is 13.2 Å². The number of amides is 1. The third-order valence-electron chi connectivity index (χ3n) is 3.33. The summed E-state index contributed by atoms with van der Waals surface area (Å²) in [4.78, 5) is 12.1. The SMILES string of the molecule is O=C(Nc1cccc(Cl)c1Br)C1(C(F)(F)F)CCNC1. The van der Waals surface area contributed by atoms with Crippen LogP contribution in [0.25, 0.3) is 0 Å². The molecule has 2 rings (SSSR count). The maximum atomic E-state index is 13.2. The fourth-order valence-corrected chi connectivity index (χ4v) is 2.64. The van der Waals surface area contributed by atoms with Crippen LogP contribution in [0.5, 0.6) is 0 Å². The number of rotatable bonds is 2. The summed E-state index contributed by atoms with van der Waals surface area (Å²) in [6.07, 6.45) is -4.88. The second kappa shape index (κ2) is 5.54. The van der Waals surface area contributed by atoms with Crippen molar-refractivity contribution in [3.63, 3.8) is 0 Å². The van der Waals surface area contributed by atoms with E-state index in [4.69, 9.17) is 11.6 Å². The largest absolute Gasteiger partial charge is 0.404 e. The molecule has 8 heteroatoms. The highest BCUT2D eigenvalue weighted by Crippen LogP contribution is 2.44. The van der Waals surface area contributed by atoms with Gasteiger partial charge in [0, 0.05) is 6.54 Å². The van der Waals surface area contributed by atoms with Crippen molar-refractivity contribution in [1.29, 1.82) is 0 Å². The van der Waals surface area contributed by atoms with E-state index in [1.54, 1.807) is 12.1 Å². The lowest BCUT2D eigenvalue weighted by Gasteiger charge is -2.29. The Morgan fingerprint density at radius 1 is 1.45 bits per heavy atom. The molecule has 3 nitrogen and oxygen atoms in total. The number of nitrogens with one attached hydrogen (secondary N) is 2. The van der Waals surface area contributed by atoms with Gasteiger partial charge in [0.05, 0.1) is 15.2 Å². The van der Waals surface area contributed by atoms with E-state index in [2.05, 4.69) is 26.6 Å². The second-order valence-electron chi connectivity index (χ2n) is 4.56. The van der Waals surface area contributed by atoms with Crippen molar-refractivity contribution in [1.82, 2.24) is 5.32 Å². The van der Waals surface area contributed by atoms with Gasteiger partial charge < -0.3 is 10.6 Å². The molecule has 1 aromatic carbocycles. The first-order chi connectivity index (χ1) is 9.28. The van der Waals surface area contributed by atoms with Crippen LogP contribution in [0.2, 0.25) is 5.02 Å². The molecular formula is C12H11BrClF3N2O. The van der Waals surface area contributed by atoms with Crippen LogP contribution in [0.3, 0.4) is 0 Å². The Morgan fingerprint density at radius 3 is 2.70 bits per heavy atom. The maximum absolute atomic E-state index is 13.2. The molecular weight excluding hydrogens is 360 g/mol. The Kier molecular flexibility index (Phi) is 4.32. The summed E-state index contributed by atoms with van der Waals surface area (Å²) < 4.78 is 40.0. The molecule has 0 aromatic heterocycles. The van der Waals surface area contributed by atoms with E-state index in [0.717, 1.165) is 0 Å². The standard InChI is InChI=1S/C12H11BrClF3N2O/c13-9-7(14)2-1-3-8(9)19-10(20)11(12(15,16)17)4-5-18-6-11/h1-3,18H,4-6H2,(H,19,20). The molecule has 2 N–H and O–H groups in total. The zero-order valence-corrected chi connectivity index (χ0v) is 12.5. The lowest BCUT2D eigenvalue weighted by atomic mass is 9.85. The zero-order chi connectivity index (χ0) is 15.0. The highest BCUT2D eigenvalue weighted by molar-refractivity contribution is 9.10. The van der Waals surface area contributed by atoms with Crippen LogP contribution in [0, 0.1) is 5.41 Å². The molecule has 1 saturated heterocycles. The van der Waals surface area contributed by atoms with E-state index >= 15 is 0 Å². The molecule has 1 fully saturated rings. The first-order valence-corrected chi connectivity index (χ1v) is 6.98. The van der Waals surface area contributed by atoms with Crippen LogP contribution in [0.15, 0.2) is 22.7 Å². The van der Waals surface area contributed by atoms with E-state index in [1.165, 1.54) is 6.07 Å². The van der Waals surface area contributed by atoms with E-state index in [1.807, 2.05) is 0 Å². The molecule has 1 amide bonds. The predicted octanol–water partition coefficient (Wildman–Crippen LogP) is 3.58. The van der Waals surface area contributed by atoms with E-state index < -0.39 is 24.0 Å². The molecule has 0 spiro atoms. The molecule has 1 atom stereocenters. The lowest BCUT2D eigenvalue weighted by Crippen LogP contribution is -2.49. The van der Waals surface area contributed by atoms with Crippen molar-refractivity contribution in [2.75, 3.05) is 18.4 Å². The first kappa shape index (κ1) is 15.6. The van der Waals surface area contributed by atoms with Gasteiger partial charge >= 0.3 is 6.18 Å². The van der Waals surface area contributed by atoms with Gasteiger partial charge in [0.1, 0.15) is 0 Å². The molecule has 1 aliphatic heterocycles. The normalized spacial score (nSPS) is 22.9. The lowest BCUT2D eigenvalue weighted by molar-refractivity contribution is -0.213. The Balaban J connectivity index is 2.29. The van der Waals surface area contributed by atoms with E-state index in [-0.39, 0.29) is 18.7 Å². The minimum absolute atomic E-state index is 0.156. The van der Waals surface area contributed by atoms with Crippen LogP contribution >= 0.6 is 27.5 Å². The topological polar surface area (TPSA) is 41.1 Å². The van der Waals surface area contributed by atoms with Gasteiger partial charge in [-0.1, -0.05) is 17.7 Å². The van der Waals surface area contributed by atoms with E-state index in [0.29, 0.717) is 9.50 Å². The number of benzene rings is 1. The van der Waals surface area contributed by atoms with E-state index in [9.17, 15) is 18.0 Å². The van der Waals surface area contributed by atoms with Gasteiger partial charge in [-0.15, -0.1) is 0 Å². The fourth-order valence-electron chi connectivity index (χ4n) is 2.10. The van der Waals surface area contributed by atoms with Gasteiger partial charge in [-0.25, -0.2) is 0 Å². The van der Waals surface area contributed by atoms with Crippen LogP contribution in [0.4, 0.5) is 18.9 Å². The van der Waals surface area contributed by atoms with Crippen molar-refractivity contribution in [2.45, 2.75) is 12.6 Å². The summed E-state index contributed by atoms with van der Waals surface area (Å²) in [6.45, 7) is -0.260. The van der Waals surface area contributed by atoms with Crippen molar-refractivity contribution in [2.24, 2.45) is 5.41 Å². The Morgan fingerprint density at radius 2 is 2.15 bits per heavy atom. The zero-order valence-electron chi connectivity index (χ0n) is 10.2. The van der Waals surface area contributed by atoms with Gasteiger partial charge in [-0.05, 0) is 41.0 Å². The number of halogens is 5. The number of carbonyl (C=O) groups excluding carboxylic acids is 1. The van der Waals surface area contributed by atoms with Crippen molar-refractivity contribution >= 4 is 39.1 Å². The average Bonchev–Trinajstić information content (AvgIpc) is 2.85. The quantitative estimate of drug-likeness (QED) is 0.834. The van der Waals surface area contributed by atoms with Crippen molar-refractivity contribution < 1.29 is 18.0 Å². The van der Waals surface area contributed by atoms with Crippen LogP contribution in [-0.4, -0.2) is 25.2 Å². The molecule has 1 aromatic rings. The minimum Gasteiger partial charge on any atom is -0.324 e. The van der Waals surface area contributed by atoms with Crippen LogP contribution < -0.4 is 10.6 Å². The highest BCUT2D eigenvalue weighted by Gasteiger charge is 2.61.